The van der Waals surface area contributed by atoms with Crippen molar-refractivity contribution in [1.29, 1.82) is 0 Å². The van der Waals surface area contributed by atoms with Gasteiger partial charge in [0.05, 0.1) is 0 Å². The third-order valence-electron chi connectivity index (χ3n) is 6.12. The van der Waals surface area contributed by atoms with Crippen molar-refractivity contribution in [2.45, 2.75) is 11.6 Å². The molecular formula is C31H25NO. The Morgan fingerprint density at radius 3 is 1.73 bits per heavy atom. The standard InChI is InChI=1S/C31H25NO/c33-31(27-18-6-2-7-19-27,28-20-8-3-9-21-28)30(25-14-4-1-5-15-25)32-23-26-17-12-16-24-13-10-11-22-29(24)26/h1-23,30,33H/t30-/m0/s1. The van der Waals surface area contributed by atoms with Crippen molar-refractivity contribution < 1.29 is 5.11 Å². The van der Waals surface area contributed by atoms with Gasteiger partial charge in [0.2, 0.25) is 0 Å². The number of nitrogens with zero attached hydrogens (tertiary/aromatic N) is 1. The Morgan fingerprint density at radius 1 is 0.576 bits per heavy atom. The molecule has 0 aliphatic rings. The van der Waals surface area contributed by atoms with Gasteiger partial charge in [-0.25, -0.2) is 0 Å². The van der Waals surface area contributed by atoms with Crippen LogP contribution in [0.4, 0.5) is 0 Å². The normalized spacial score (nSPS) is 12.8. The van der Waals surface area contributed by atoms with Crippen molar-refractivity contribution in [3.8, 4) is 0 Å². The summed E-state index contributed by atoms with van der Waals surface area (Å²) in [6.07, 6.45) is 1.90. The number of hydrogen-bond donors (Lipinski definition) is 1. The van der Waals surface area contributed by atoms with Gasteiger partial charge in [0.15, 0.2) is 0 Å². The van der Waals surface area contributed by atoms with Gasteiger partial charge < -0.3 is 5.11 Å². The van der Waals surface area contributed by atoms with Crippen LogP contribution in [0.2, 0.25) is 0 Å². The highest BCUT2D eigenvalue weighted by Gasteiger charge is 2.41. The van der Waals surface area contributed by atoms with Gasteiger partial charge in [-0.2, -0.15) is 0 Å². The van der Waals surface area contributed by atoms with Gasteiger partial charge >= 0.3 is 0 Å². The molecule has 0 aliphatic heterocycles. The first kappa shape index (κ1) is 20.9. The lowest BCUT2D eigenvalue weighted by Crippen LogP contribution is -2.34. The number of benzene rings is 5. The molecule has 5 aromatic carbocycles. The lowest BCUT2D eigenvalue weighted by atomic mass is 9.77. The van der Waals surface area contributed by atoms with E-state index in [2.05, 4.69) is 24.3 Å². The third kappa shape index (κ3) is 4.09. The molecule has 0 amide bonds. The molecule has 5 rings (SSSR count). The SMILES string of the molecule is OC(c1ccccc1)(c1ccccc1)[C@@H](N=Cc1cccc2ccccc12)c1ccccc1. The zero-order valence-electron chi connectivity index (χ0n) is 18.3. The van der Waals surface area contributed by atoms with E-state index < -0.39 is 11.6 Å². The summed E-state index contributed by atoms with van der Waals surface area (Å²) in [5.41, 5.74) is 2.24. The summed E-state index contributed by atoms with van der Waals surface area (Å²) < 4.78 is 0. The van der Waals surface area contributed by atoms with Gasteiger partial charge in [-0.1, -0.05) is 133 Å². The Balaban J connectivity index is 1.71. The monoisotopic (exact) mass is 427 g/mol. The van der Waals surface area contributed by atoms with E-state index in [-0.39, 0.29) is 0 Å². The number of rotatable bonds is 6. The number of aliphatic hydroxyl groups is 1. The van der Waals surface area contributed by atoms with Crippen LogP contribution in [0, 0.1) is 0 Å². The molecule has 0 heterocycles. The molecule has 5 aromatic rings. The zero-order valence-corrected chi connectivity index (χ0v) is 18.3. The highest BCUT2D eigenvalue weighted by molar-refractivity contribution is 5.99. The molecule has 1 N–H and O–H groups in total. The van der Waals surface area contributed by atoms with Gasteiger partial charge in [0, 0.05) is 11.8 Å². The fourth-order valence-corrected chi connectivity index (χ4v) is 4.46. The molecule has 33 heavy (non-hydrogen) atoms. The van der Waals surface area contributed by atoms with E-state index in [1.165, 1.54) is 5.39 Å². The maximum Gasteiger partial charge on any atom is 0.141 e. The lowest BCUT2D eigenvalue weighted by Gasteiger charge is -2.35. The first-order valence-electron chi connectivity index (χ1n) is 11.2. The van der Waals surface area contributed by atoms with Crippen molar-refractivity contribution >= 4 is 17.0 Å². The van der Waals surface area contributed by atoms with Crippen molar-refractivity contribution in [1.82, 2.24) is 0 Å². The van der Waals surface area contributed by atoms with Crippen LogP contribution in [-0.4, -0.2) is 11.3 Å². The Morgan fingerprint density at radius 2 is 1.09 bits per heavy atom. The van der Waals surface area contributed by atoms with Gasteiger partial charge in [0.1, 0.15) is 11.6 Å². The Hall–Kier alpha value is -4.01. The second-order valence-electron chi connectivity index (χ2n) is 8.16. The molecule has 0 bridgehead atoms. The topological polar surface area (TPSA) is 32.6 Å². The fraction of sp³-hybridized carbons (Fsp3) is 0.0645. The van der Waals surface area contributed by atoms with Crippen molar-refractivity contribution in [2.24, 2.45) is 4.99 Å². The van der Waals surface area contributed by atoms with E-state index in [1.54, 1.807) is 0 Å². The average molecular weight is 428 g/mol. The van der Waals surface area contributed by atoms with Gasteiger partial charge in [0.25, 0.3) is 0 Å². The predicted octanol–water partition coefficient (Wildman–Crippen LogP) is 6.94. The van der Waals surface area contributed by atoms with E-state index in [0.29, 0.717) is 0 Å². The Kier molecular flexibility index (Phi) is 5.84. The van der Waals surface area contributed by atoms with Crippen molar-refractivity contribution in [3.63, 3.8) is 0 Å². The Labute approximate surface area is 194 Å². The molecule has 2 nitrogen and oxygen atoms in total. The molecular weight excluding hydrogens is 402 g/mol. The molecule has 0 fully saturated rings. The summed E-state index contributed by atoms with van der Waals surface area (Å²) in [5.74, 6) is 0. The number of aliphatic imine (C=N–C) groups is 1. The average Bonchev–Trinajstić information content (AvgIpc) is 2.90. The first-order chi connectivity index (χ1) is 16.3. The van der Waals surface area contributed by atoms with Crippen LogP contribution in [0.15, 0.2) is 138 Å². The molecule has 0 aromatic heterocycles. The summed E-state index contributed by atoms with van der Waals surface area (Å²) >= 11 is 0. The van der Waals surface area contributed by atoms with Gasteiger partial charge in [-0.3, -0.25) is 4.99 Å². The predicted molar refractivity (Wildman–Crippen MR) is 137 cm³/mol. The van der Waals surface area contributed by atoms with E-state index in [1.807, 2.05) is 115 Å². The molecule has 2 heteroatoms. The largest absolute Gasteiger partial charge is 0.378 e. The highest BCUT2D eigenvalue weighted by atomic mass is 16.3. The van der Waals surface area contributed by atoms with Crippen LogP contribution in [0.25, 0.3) is 10.8 Å². The summed E-state index contributed by atoms with van der Waals surface area (Å²) in [7, 11) is 0. The quantitative estimate of drug-likeness (QED) is 0.293. The molecule has 160 valence electrons. The van der Waals surface area contributed by atoms with Crippen LogP contribution in [-0.2, 0) is 5.60 Å². The second kappa shape index (κ2) is 9.23. The molecule has 0 aliphatic carbocycles. The molecule has 0 saturated carbocycles. The highest BCUT2D eigenvalue weighted by Crippen LogP contribution is 2.43. The molecule has 0 unspecified atom stereocenters. The number of hydrogen-bond acceptors (Lipinski definition) is 2. The van der Waals surface area contributed by atoms with Crippen LogP contribution >= 0.6 is 0 Å². The molecule has 1 atom stereocenters. The zero-order chi connectivity index (χ0) is 22.5. The van der Waals surface area contributed by atoms with Crippen LogP contribution in [0.1, 0.15) is 28.3 Å². The minimum Gasteiger partial charge on any atom is -0.378 e. The summed E-state index contributed by atoms with van der Waals surface area (Å²) in [5, 5.41) is 14.7. The van der Waals surface area contributed by atoms with Crippen molar-refractivity contribution in [3.05, 3.63) is 156 Å². The summed E-state index contributed by atoms with van der Waals surface area (Å²) in [6, 6.07) is 43.6. The smallest absolute Gasteiger partial charge is 0.141 e. The van der Waals surface area contributed by atoms with Crippen LogP contribution in [0.3, 0.4) is 0 Å². The minimum absolute atomic E-state index is 0.539. The van der Waals surface area contributed by atoms with Gasteiger partial charge in [-0.05, 0) is 27.5 Å². The van der Waals surface area contributed by atoms with E-state index in [4.69, 9.17) is 4.99 Å². The fourth-order valence-electron chi connectivity index (χ4n) is 4.46. The van der Waals surface area contributed by atoms with Crippen LogP contribution in [0.5, 0.6) is 0 Å². The maximum absolute atomic E-state index is 12.4. The molecule has 0 radical (unpaired) electrons. The molecule has 0 saturated heterocycles. The minimum atomic E-state index is -1.34. The second-order valence-corrected chi connectivity index (χ2v) is 8.16. The van der Waals surface area contributed by atoms with E-state index >= 15 is 0 Å². The lowest BCUT2D eigenvalue weighted by molar-refractivity contribution is 0.0523. The summed E-state index contributed by atoms with van der Waals surface area (Å²) in [6.45, 7) is 0. The van der Waals surface area contributed by atoms with E-state index in [9.17, 15) is 5.11 Å². The van der Waals surface area contributed by atoms with Gasteiger partial charge in [-0.15, -0.1) is 0 Å². The first-order valence-corrected chi connectivity index (χ1v) is 11.2. The maximum atomic E-state index is 12.4. The number of fused-ring (bicyclic) bond motifs is 1. The van der Waals surface area contributed by atoms with Crippen LogP contribution < -0.4 is 0 Å². The van der Waals surface area contributed by atoms with E-state index in [0.717, 1.165) is 27.6 Å². The van der Waals surface area contributed by atoms with Crippen molar-refractivity contribution in [2.75, 3.05) is 0 Å². The summed E-state index contributed by atoms with van der Waals surface area (Å²) in [4.78, 5) is 5.06. The third-order valence-corrected chi connectivity index (χ3v) is 6.12. The Bertz CT molecular complexity index is 1320. The molecule has 0 spiro atoms.